The van der Waals surface area contributed by atoms with E-state index in [4.69, 9.17) is 0 Å². The molecule has 0 atom stereocenters. The Hall–Kier alpha value is -0.157. The van der Waals surface area contributed by atoms with Gasteiger partial charge < -0.3 is 14.9 Å². The Morgan fingerprint density at radius 2 is 0.812 bits per heavy atom. The van der Waals surface area contributed by atoms with Gasteiger partial charge in [0.05, 0.1) is 0 Å². The molecule has 1 heteroatoms. The number of rotatable bonds is 2. The molecule has 0 amide bonds. The van der Waals surface area contributed by atoms with Crippen molar-refractivity contribution in [2.24, 2.45) is 11.8 Å². The van der Waals surface area contributed by atoms with E-state index in [1.165, 1.54) is 6.42 Å². The molecule has 0 unspecified atom stereocenters. The van der Waals surface area contributed by atoms with Crippen LogP contribution in [0.15, 0.2) is 36.4 Å². The number of benzene rings is 1. The minimum atomic E-state index is 0. The van der Waals surface area contributed by atoms with Crippen molar-refractivity contribution in [3.8, 4) is 0 Å². The van der Waals surface area contributed by atoms with Crippen molar-refractivity contribution in [1.29, 1.82) is 0 Å². The molecule has 1 aromatic carbocycles. The Morgan fingerprint density at radius 3 is 0.875 bits per heavy atom. The monoisotopic (exact) mass is 310 g/mol. The number of hydrogen-bond acceptors (Lipinski definition) is 0. The van der Waals surface area contributed by atoms with Gasteiger partial charge >= 0.3 is 19.5 Å². The SMILES string of the molecule is CC(C)CC(C)C.[CH3-].[CH3-].[Ru+2].c1ccccc1. The largest absolute Gasteiger partial charge is 2.00 e. The molecule has 16 heavy (non-hydrogen) atoms. The van der Waals surface area contributed by atoms with Gasteiger partial charge in [-0.1, -0.05) is 64.1 Å². The molecule has 0 fully saturated rings. The summed E-state index contributed by atoms with van der Waals surface area (Å²) in [5.41, 5.74) is 0. The van der Waals surface area contributed by atoms with E-state index in [0.717, 1.165) is 11.8 Å². The maximum Gasteiger partial charge on any atom is 2.00 e. The molecule has 0 saturated heterocycles. The van der Waals surface area contributed by atoms with Gasteiger partial charge in [0.2, 0.25) is 0 Å². The summed E-state index contributed by atoms with van der Waals surface area (Å²) in [7, 11) is 0. The molecule has 0 radical (unpaired) electrons. The minimum Gasteiger partial charge on any atom is -0.358 e. The van der Waals surface area contributed by atoms with E-state index in [0.29, 0.717) is 0 Å². The summed E-state index contributed by atoms with van der Waals surface area (Å²) in [4.78, 5) is 0. The molecular weight excluding hydrogens is 281 g/mol. The van der Waals surface area contributed by atoms with Crippen LogP contribution in [0.4, 0.5) is 0 Å². The third kappa shape index (κ3) is 23.6. The van der Waals surface area contributed by atoms with Crippen LogP contribution in [0, 0.1) is 26.7 Å². The maximum atomic E-state index is 2.26. The first-order valence-electron chi connectivity index (χ1n) is 5.13. The van der Waals surface area contributed by atoms with E-state index in [9.17, 15) is 0 Å². The quantitative estimate of drug-likeness (QED) is 0.515. The van der Waals surface area contributed by atoms with Crippen molar-refractivity contribution in [2.45, 2.75) is 34.1 Å². The zero-order chi connectivity index (χ0) is 10.1. The molecule has 0 aromatic heterocycles. The van der Waals surface area contributed by atoms with E-state index >= 15 is 0 Å². The summed E-state index contributed by atoms with van der Waals surface area (Å²) in [6.07, 6.45) is 1.36. The molecule has 0 spiro atoms. The standard InChI is InChI=1S/C7H16.C6H6.2CH3.Ru/c1-6(2)5-7(3)4;1-2-4-6-5-3-1;;;/h6-7H,5H2,1-4H3;1-6H;2*1H3;/q;;2*-1;+2. The molecule has 0 nitrogen and oxygen atoms in total. The van der Waals surface area contributed by atoms with E-state index in [2.05, 4.69) is 27.7 Å². The number of hydrogen-bond donors (Lipinski definition) is 0. The predicted molar refractivity (Wildman–Crippen MR) is 73.6 cm³/mol. The van der Waals surface area contributed by atoms with Crippen molar-refractivity contribution in [3.63, 3.8) is 0 Å². The zero-order valence-corrected chi connectivity index (χ0v) is 13.4. The molecule has 1 rings (SSSR count). The van der Waals surface area contributed by atoms with Crippen molar-refractivity contribution >= 4 is 0 Å². The van der Waals surface area contributed by atoms with Crippen LogP contribution in [0.2, 0.25) is 0 Å². The molecule has 0 aliphatic heterocycles. The molecule has 0 aliphatic carbocycles. The summed E-state index contributed by atoms with van der Waals surface area (Å²) in [5.74, 6) is 1.75. The predicted octanol–water partition coefficient (Wildman–Crippen LogP) is 5.27. The van der Waals surface area contributed by atoms with Gasteiger partial charge in [0, 0.05) is 0 Å². The van der Waals surface area contributed by atoms with Crippen LogP contribution < -0.4 is 0 Å². The van der Waals surface area contributed by atoms with Gasteiger partial charge in [-0.2, -0.15) is 0 Å². The van der Waals surface area contributed by atoms with Gasteiger partial charge in [-0.05, 0) is 18.3 Å². The first-order valence-corrected chi connectivity index (χ1v) is 5.13. The Morgan fingerprint density at radius 1 is 0.625 bits per heavy atom. The summed E-state index contributed by atoms with van der Waals surface area (Å²) in [6, 6.07) is 12.0. The van der Waals surface area contributed by atoms with Gasteiger partial charge in [0.1, 0.15) is 0 Å². The molecule has 0 N–H and O–H groups in total. The van der Waals surface area contributed by atoms with E-state index in [-0.39, 0.29) is 34.3 Å². The van der Waals surface area contributed by atoms with Crippen LogP contribution in [0.3, 0.4) is 0 Å². The first kappa shape index (κ1) is 24.9. The second kappa shape index (κ2) is 17.2. The summed E-state index contributed by atoms with van der Waals surface area (Å²) in [6.45, 7) is 9.06. The fourth-order valence-electron chi connectivity index (χ4n) is 1.33. The average molecular weight is 309 g/mol. The van der Waals surface area contributed by atoms with Crippen molar-refractivity contribution in [1.82, 2.24) is 0 Å². The van der Waals surface area contributed by atoms with Gasteiger partial charge in [0.25, 0.3) is 0 Å². The van der Waals surface area contributed by atoms with Crippen LogP contribution in [-0.4, -0.2) is 0 Å². The molecule has 0 heterocycles. The van der Waals surface area contributed by atoms with Gasteiger partial charge in [0.15, 0.2) is 0 Å². The fraction of sp³-hybridized carbons (Fsp3) is 0.467. The van der Waals surface area contributed by atoms with Crippen molar-refractivity contribution < 1.29 is 19.5 Å². The topological polar surface area (TPSA) is 0 Å². The van der Waals surface area contributed by atoms with Crippen LogP contribution in [0.1, 0.15) is 34.1 Å². The fourth-order valence-corrected chi connectivity index (χ4v) is 1.33. The summed E-state index contributed by atoms with van der Waals surface area (Å²) >= 11 is 0. The third-order valence-corrected chi connectivity index (χ3v) is 1.61. The van der Waals surface area contributed by atoms with Crippen molar-refractivity contribution in [3.05, 3.63) is 51.3 Å². The normalized spacial score (nSPS) is 7.88. The summed E-state index contributed by atoms with van der Waals surface area (Å²) < 4.78 is 0. The average Bonchev–Trinajstić information content (AvgIpc) is 2.06. The van der Waals surface area contributed by atoms with Gasteiger partial charge in [-0.15, -0.1) is 0 Å². The second-order valence-electron chi connectivity index (χ2n) is 4.18. The molecule has 0 saturated carbocycles. The Bertz CT molecular complexity index is 147. The van der Waals surface area contributed by atoms with Crippen molar-refractivity contribution in [2.75, 3.05) is 0 Å². The van der Waals surface area contributed by atoms with Crippen LogP contribution >= 0.6 is 0 Å². The Labute approximate surface area is 117 Å². The Kier molecular flexibility index (Phi) is 26.8. The zero-order valence-electron chi connectivity index (χ0n) is 11.7. The smallest absolute Gasteiger partial charge is 0.358 e. The molecule has 1 aromatic rings. The molecular formula is C15H28Ru. The summed E-state index contributed by atoms with van der Waals surface area (Å²) in [5, 5.41) is 0. The first-order chi connectivity index (χ1) is 6.13. The van der Waals surface area contributed by atoms with Gasteiger partial charge in [-0.3, -0.25) is 0 Å². The van der Waals surface area contributed by atoms with Gasteiger partial charge in [-0.25, -0.2) is 0 Å². The molecule has 0 bridgehead atoms. The Balaban J connectivity index is -0.0000000760. The van der Waals surface area contributed by atoms with Crippen LogP contribution in [-0.2, 0) is 19.5 Å². The second-order valence-corrected chi connectivity index (χ2v) is 4.18. The third-order valence-electron chi connectivity index (χ3n) is 1.61. The molecule has 0 aliphatic rings. The van der Waals surface area contributed by atoms with Crippen LogP contribution in [0.25, 0.3) is 0 Å². The molecule has 96 valence electrons. The van der Waals surface area contributed by atoms with E-state index in [1.54, 1.807) is 0 Å². The minimum absolute atomic E-state index is 0. The maximum absolute atomic E-state index is 2.26. The van der Waals surface area contributed by atoms with E-state index in [1.807, 2.05) is 36.4 Å². The van der Waals surface area contributed by atoms with E-state index < -0.39 is 0 Å². The van der Waals surface area contributed by atoms with Crippen LogP contribution in [0.5, 0.6) is 0 Å².